The lowest BCUT2D eigenvalue weighted by atomic mass is 10.1. The number of hydrogen-bond donors (Lipinski definition) is 2. The number of halogens is 2. The first-order valence-corrected chi connectivity index (χ1v) is 9.56. The second-order valence-electron chi connectivity index (χ2n) is 6.32. The number of nitrogens with one attached hydrogen (secondary N) is 2. The number of hydrogen-bond acceptors (Lipinski definition) is 4. The van der Waals surface area contributed by atoms with Gasteiger partial charge in [-0.15, -0.1) is 0 Å². The zero-order chi connectivity index (χ0) is 21.8. The molecule has 9 heteroatoms. The van der Waals surface area contributed by atoms with E-state index in [1.165, 1.54) is 43.1 Å². The molecule has 0 atom stereocenters. The molecular formula is C21H17BrFN3O4. The number of nitrogens with zero attached hydrogens (tertiary/aromatic N) is 1. The van der Waals surface area contributed by atoms with E-state index in [2.05, 4.69) is 26.6 Å². The Morgan fingerprint density at radius 3 is 2.43 bits per heavy atom. The highest BCUT2D eigenvalue weighted by molar-refractivity contribution is 9.10. The maximum absolute atomic E-state index is 14.2. The van der Waals surface area contributed by atoms with Crippen molar-refractivity contribution in [3.63, 3.8) is 0 Å². The first-order valence-electron chi connectivity index (χ1n) is 8.77. The molecule has 0 bridgehead atoms. The SMILES string of the molecule is CC(=O)Nc1ccc(F)c(NC(=O)c2ccccc2N(C)C(=O)c2ccc(Br)o2)c1. The van der Waals surface area contributed by atoms with Crippen molar-refractivity contribution in [2.75, 3.05) is 22.6 Å². The molecule has 0 aliphatic heterocycles. The molecule has 1 aromatic heterocycles. The summed E-state index contributed by atoms with van der Waals surface area (Å²) in [4.78, 5) is 38.0. The van der Waals surface area contributed by atoms with Crippen LogP contribution in [0.4, 0.5) is 21.5 Å². The summed E-state index contributed by atoms with van der Waals surface area (Å²) < 4.78 is 19.9. The molecule has 0 fully saturated rings. The third-order valence-corrected chi connectivity index (χ3v) is 4.56. The normalized spacial score (nSPS) is 10.4. The summed E-state index contributed by atoms with van der Waals surface area (Å²) in [6.45, 7) is 1.32. The fourth-order valence-corrected chi connectivity index (χ4v) is 3.06. The van der Waals surface area contributed by atoms with Crippen LogP contribution in [-0.2, 0) is 4.79 Å². The monoisotopic (exact) mass is 473 g/mol. The fourth-order valence-electron chi connectivity index (χ4n) is 2.75. The van der Waals surface area contributed by atoms with Crippen molar-refractivity contribution in [3.05, 3.63) is 76.4 Å². The molecule has 7 nitrogen and oxygen atoms in total. The summed E-state index contributed by atoms with van der Waals surface area (Å²) in [6, 6.07) is 13.3. The van der Waals surface area contributed by atoms with Crippen LogP contribution >= 0.6 is 15.9 Å². The Morgan fingerprint density at radius 2 is 1.77 bits per heavy atom. The van der Waals surface area contributed by atoms with Gasteiger partial charge in [-0.05, 0) is 58.4 Å². The second-order valence-corrected chi connectivity index (χ2v) is 7.10. The number of carbonyl (C=O) groups excluding carboxylic acids is 3. The number of anilines is 3. The summed E-state index contributed by atoms with van der Waals surface area (Å²) >= 11 is 3.14. The first-order chi connectivity index (χ1) is 14.3. The minimum Gasteiger partial charge on any atom is -0.444 e. The largest absolute Gasteiger partial charge is 0.444 e. The maximum atomic E-state index is 14.2. The maximum Gasteiger partial charge on any atom is 0.293 e. The van der Waals surface area contributed by atoms with Crippen LogP contribution in [0.1, 0.15) is 27.8 Å². The smallest absolute Gasteiger partial charge is 0.293 e. The Bertz CT molecular complexity index is 1130. The lowest BCUT2D eigenvalue weighted by molar-refractivity contribution is -0.114. The molecule has 2 N–H and O–H groups in total. The topological polar surface area (TPSA) is 91.7 Å². The summed E-state index contributed by atoms with van der Waals surface area (Å²) in [7, 11) is 1.50. The van der Waals surface area contributed by atoms with E-state index in [0.29, 0.717) is 16.0 Å². The van der Waals surface area contributed by atoms with Gasteiger partial charge >= 0.3 is 0 Å². The molecule has 0 aliphatic rings. The quantitative estimate of drug-likeness (QED) is 0.563. The molecule has 3 aromatic rings. The number of furan rings is 1. The third-order valence-electron chi connectivity index (χ3n) is 4.13. The van der Waals surface area contributed by atoms with Crippen LogP contribution in [0.3, 0.4) is 0 Å². The molecular weight excluding hydrogens is 457 g/mol. The van der Waals surface area contributed by atoms with Gasteiger partial charge in [0.05, 0.1) is 16.9 Å². The molecule has 2 aromatic carbocycles. The van der Waals surface area contributed by atoms with Gasteiger partial charge in [-0.2, -0.15) is 0 Å². The van der Waals surface area contributed by atoms with Crippen molar-refractivity contribution < 1.29 is 23.2 Å². The van der Waals surface area contributed by atoms with Gasteiger partial charge in [0.25, 0.3) is 11.8 Å². The van der Waals surface area contributed by atoms with Gasteiger partial charge in [-0.25, -0.2) is 4.39 Å². The minimum atomic E-state index is -0.667. The third kappa shape index (κ3) is 4.74. The number of rotatable bonds is 5. The van der Waals surface area contributed by atoms with Crippen LogP contribution in [0.15, 0.2) is 63.7 Å². The van der Waals surface area contributed by atoms with Crippen molar-refractivity contribution in [1.29, 1.82) is 0 Å². The summed E-state index contributed by atoms with van der Waals surface area (Å²) in [5.41, 5.74) is 0.697. The standard InChI is InChI=1S/C21H17BrFN3O4/c1-12(27)24-13-7-8-15(23)16(11-13)25-20(28)14-5-3-4-6-17(14)26(2)21(29)18-9-10-19(22)30-18/h3-11H,1-2H3,(H,24,27)(H,25,28). The Hall–Kier alpha value is -3.46. The molecule has 3 amide bonds. The predicted octanol–water partition coefficient (Wildman–Crippen LogP) is 4.67. The molecule has 0 unspecified atom stereocenters. The van der Waals surface area contributed by atoms with E-state index in [9.17, 15) is 18.8 Å². The molecule has 3 rings (SSSR count). The lowest BCUT2D eigenvalue weighted by Gasteiger charge is -2.19. The fraction of sp³-hybridized carbons (Fsp3) is 0.0952. The number of para-hydroxylation sites is 1. The van der Waals surface area contributed by atoms with E-state index in [0.717, 1.165) is 6.07 Å². The highest BCUT2D eigenvalue weighted by atomic mass is 79.9. The van der Waals surface area contributed by atoms with Crippen molar-refractivity contribution in [1.82, 2.24) is 0 Å². The van der Waals surface area contributed by atoms with Gasteiger partial charge in [0, 0.05) is 19.7 Å². The van der Waals surface area contributed by atoms with E-state index in [1.54, 1.807) is 24.3 Å². The number of carbonyl (C=O) groups is 3. The average Bonchev–Trinajstić information content (AvgIpc) is 3.15. The predicted molar refractivity (Wildman–Crippen MR) is 114 cm³/mol. The van der Waals surface area contributed by atoms with Crippen molar-refractivity contribution in [2.24, 2.45) is 0 Å². The van der Waals surface area contributed by atoms with Gasteiger partial charge in [0.1, 0.15) is 5.82 Å². The molecule has 30 heavy (non-hydrogen) atoms. The molecule has 154 valence electrons. The van der Waals surface area contributed by atoms with E-state index in [-0.39, 0.29) is 22.9 Å². The van der Waals surface area contributed by atoms with Gasteiger partial charge in [0.2, 0.25) is 5.91 Å². The average molecular weight is 474 g/mol. The highest BCUT2D eigenvalue weighted by Crippen LogP contribution is 2.25. The molecule has 0 aliphatic carbocycles. The summed E-state index contributed by atoms with van der Waals surface area (Å²) in [6.07, 6.45) is 0. The highest BCUT2D eigenvalue weighted by Gasteiger charge is 2.22. The van der Waals surface area contributed by atoms with Crippen LogP contribution in [0, 0.1) is 5.82 Å². The Kier molecular flexibility index (Phi) is 6.31. The molecule has 0 saturated heterocycles. The zero-order valence-electron chi connectivity index (χ0n) is 16.0. The van der Waals surface area contributed by atoms with Crippen LogP contribution in [0.25, 0.3) is 0 Å². The summed E-state index contributed by atoms with van der Waals surface area (Å²) in [5.74, 6) is -1.98. The van der Waals surface area contributed by atoms with Crippen LogP contribution < -0.4 is 15.5 Å². The molecule has 0 saturated carbocycles. The van der Waals surface area contributed by atoms with Crippen LogP contribution in [0.5, 0.6) is 0 Å². The Morgan fingerprint density at radius 1 is 1.03 bits per heavy atom. The molecule has 0 spiro atoms. The van der Waals surface area contributed by atoms with Gasteiger partial charge in [-0.3, -0.25) is 14.4 Å². The van der Waals surface area contributed by atoms with Crippen LogP contribution in [0.2, 0.25) is 0 Å². The lowest BCUT2D eigenvalue weighted by Crippen LogP contribution is -2.28. The number of amides is 3. The second kappa shape index (κ2) is 8.91. The summed E-state index contributed by atoms with van der Waals surface area (Å²) in [5, 5.41) is 5.01. The van der Waals surface area contributed by atoms with Gasteiger partial charge in [-0.1, -0.05) is 12.1 Å². The zero-order valence-corrected chi connectivity index (χ0v) is 17.6. The Labute approximate surface area is 180 Å². The van der Waals surface area contributed by atoms with Gasteiger partial charge in [0.15, 0.2) is 10.4 Å². The van der Waals surface area contributed by atoms with Crippen molar-refractivity contribution in [3.8, 4) is 0 Å². The molecule has 0 radical (unpaired) electrons. The van der Waals surface area contributed by atoms with Gasteiger partial charge < -0.3 is 20.0 Å². The van der Waals surface area contributed by atoms with Crippen molar-refractivity contribution in [2.45, 2.75) is 6.92 Å². The van der Waals surface area contributed by atoms with Crippen LogP contribution in [-0.4, -0.2) is 24.8 Å². The van der Waals surface area contributed by atoms with E-state index in [1.807, 2.05) is 0 Å². The van der Waals surface area contributed by atoms with Crippen molar-refractivity contribution >= 4 is 50.7 Å². The van der Waals surface area contributed by atoms with E-state index in [4.69, 9.17) is 4.42 Å². The first kappa shape index (κ1) is 21.3. The van der Waals surface area contributed by atoms with E-state index < -0.39 is 17.6 Å². The van der Waals surface area contributed by atoms with E-state index >= 15 is 0 Å². The number of benzene rings is 2. The molecule has 1 heterocycles. The minimum absolute atomic E-state index is 0.0913. The Balaban J connectivity index is 1.87.